The Morgan fingerprint density at radius 2 is 1.94 bits per heavy atom. The van der Waals surface area contributed by atoms with E-state index in [1.807, 2.05) is 54.6 Å². The Labute approximate surface area is 200 Å². The smallest absolute Gasteiger partial charge is 0.407 e. The number of alkyl carbamates (subject to hydrolysis) is 1. The number of ether oxygens (including phenoxy) is 2. The molecule has 8 heteroatoms. The molecular formula is C25H35N3O4S. The van der Waals surface area contributed by atoms with Crippen LogP contribution in [0.15, 0.2) is 59.5 Å². The first kappa shape index (κ1) is 25.4. The minimum atomic E-state index is -0.794. The number of amides is 1. The standard InChI is InChI=1S/C25H35N3O4S/c1-18(2)15-28(33-22-10-8-20(26)9-11-22)16-24(29)23(14-19-6-4-3-5-7-19)27-25(30)32-21-12-13-31-17-21/h3-11,18,21,23-24,29H,12-17,26H2,1-2H3,(H,27,30)/t21-,23-,24+/m0/s1. The van der Waals surface area contributed by atoms with Crippen LogP contribution in [0, 0.1) is 5.92 Å². The molecule has 0 saturated carbocycles. The molecule has 0 aromatic heterocycles. The molecule has 0 spiro atoms. The number of anilines is 1. The van der Waals surface area contributed by atoms with Crippen LogP contribution in [0.2, 0.25) is 0 Å². The predicted molar refractivity (Wildman–Crippen MR) is 132 cm³/mol. The molecule has 1 heterocycles. The van der Waals surface area contributed by atoms with E-state index in [4.69, 9.17) is 15.2 Å². The van der Waals surface area contributed by atoms with E-state index in [0.29, 0.717) is 44.2 Å². The van der Waals surface area contributed by atoms with Crippen molar-refractivity contribution in [3.63, 3.8) is 0 Å². The van der Waals surface area contributed by atoms with E-state index < -0.39 is 18.2 Å². The Morgan fingerprint density at radius 1 is 1.21 bits per heavy atom. The second-order valence-corrected chi connectivity index (χ2v) is 9.97. The Kier molecular flexibility index (Phi) is 9.87. The van der Waals surface area contributed by atoms with Crippen LogP contribution in [0.25, 0.3) is 0 Å². The van der Waals surface area contributed by atoms with Crippen molar-refractivity contribution in [2.24, 2.45) is 5.92 Å². The number of rotatable bonds is 11. The molecule has 7 nitrogen and oxygen atoms in total. The third-order valence-electron chi connectivity index (χ3n) is 5.30. The molecule has 3 atom stereocenters. The summed E-state index contributed by atoms with van der Waals surface area (Å²) in [4.78, 5) is 13.6. The minimum absolute atomic E-state index is 0.238. The summed E-state index contributed by atoms with van der Waals surface area (Å²) >= 11 is 1.58. The zero-order chi connectivity index (χ0) is 23.6. The van der Waals surface area contributed by atoms with Crippen molar-refractivity contribution in [3.05, 3.63) is 60.2 Å². The zero-order valence-corrected chi connectivity index (χ0v) is 20.2. The Hall–Kier alpha value is -2.26. The Morgan fingerprint density at radius 3 is 2.58 bits per heavy atom. The maximum Gasteiger partial charge on any atom is 0.407 e. The number of hydrogen-bond acceptors (Lipinski definition) is 7. The Balaban J connectivity index is 1.68. The van der Waals surface area contributed by atoms with Crippen molar-refractivity contribution >= 4 is 23.7 Å². The van der Waals surface area contributed by atoms with Crippen LogP contribution in [-0.2, 0) is 15.9 Å². The molecule has 0 aliphatic carbocycles. The number of hydrogen-bond donors (Lipinski definition) is 3. The summed E-state index contributed by atoms with van der Waals surface area (Å²) in [6.45, 7) is 6.47. The van der Waals surface area contributed by atoms with Crippen molar-refractivity contribution in [1.29, 1.82) is 0 Å². The van der Waals surface area contributed by atoms with Crippen LogP contribution in [-0.4, -0.2) is 60.1 Å². The number of benzene rings is 2. The topological polar surface area (TPSA) is 97.0 Å². The van der Waals surface area contributed by atoms with Crippen molar-refractivity contribution in [2.45, 2.75) is 49.8 Å². The van der Waals surface area contributed by atoms with E-state index in [-0.39, 0.29) is 6.10 Å². The van der Waals surface area contributed by atoms with Crippen LogP contribution in [0.5, 0.6) is 0 Å². The van der Waals surface area contributed by atoms with Gasteiger partial charge in [-0.2, -0.15) is 0 Å². The van der Waals surface area contributed by atoms with Gasteiger partial charge in [0.2, 0.25) is 0 Å². The number of nitrogens with two attached hydrogens (primary N) is 1. The lowest BCUT2D eigenvalue weighted by Gasteiger charge is -2.30. The van der Waals surface area contributed by atoms with E-state index in [0.717, 1.165) is 17.0 Å². The van der Waals surface area contributed by atoms with Crippen LogP contribution in [0.4, 0.5) is 10.5 Å². The lowest BCUT2D eigenvalue weighted by Crippen LogP contribution is -2.49. The fourth-order valence-corrected chi connectivity index (χ4v) is 4.82. The van der Waals surface area contributed by atoms with Gasteiger partial charge < -0.3 is 25.6 Å². The quantitative estimate of drug-likeness (QED) is 0.338. The van der Waals surface area contributed by atoms with Gasteiger partial charge in [0.15, 0.2) is 0 Å². The van der Waals surface area contributed by atoms with Gasteiger partial charge in [0.05, 0.1) is 25.4 Å². The molecule has 2 aromatic rings. The highest BCUT2D eigenvalue weighted by Crippen LogP contribution is 2.25. The molecule has 4 N–H and O–H groups in total. The normalized spacial score (nSPS) is 17.8. The average Bonchev–Trinajstić information content (AvgIpc) is 3.28. The van der Waals surface area contributed by atoms with Gasteiger partial charge in [-0.1, -0.05) is 44.2 Å². The first-order valence-electron chi connectivity index (χ1n) is 11.4. The molecule has 3 rings (SSSR count). The fraction of sp³-hybridized carbons (Fsp3) is 0.480. The molecule has 1 amide bonds. The third-order valence-corrected chi connectivity index (χ3v) is 6.34. The van der Waals surface area contributed by atoms with Gasteiger partial charge in [0.1, 0.15) is 6.10 Å². The van der Waals surface area contributed by atoms with E-state index in [1.54, 1.807) is 11.9 Å². The number of nitrogen functional groups attached to an aromatic ring is 1. The maximum absolute atomic E-state index is 12.6. The number of aliphatic hydroxyl groups is 1. The molecular weight excluding hydrogens is 438 g/mol. The lowest BCUT2D eigenvalue weighted by molar-refractivity contribution is 0.0650. The van der Waals surface area contributed by atoms with Crippen LogP contribution in [0.1, 0.15) is 25.8 Å². The van der Waals surface area contributed by atoms with E-state index in [9.17, 15) is 9.90 Å². The largest absolute Gasteiger partial charge is 0.444 e. The highest BCUT2D eigenvalue weighted by molar-refractivity contribution is 7.97. The first-order valence-corrected chi connectivity index (χ1v) is 12.2. The average molecular weight is 474 g/mol. The van der Waals surface area contributed by atoms with Crippen molar-refractivity contribution in [1.82, 2.24) is 9.62 Å². The van der Waals surface area contributed by atoms with Crippen LogP contribution >= 0.6 is 11.9 Å². The highest BCUT2D eigenvalue weighted by Gasteiger charge is 2.27. The first-order chi connectivity index (χ1) is 15.9. The SMILES string of the molecule is CC(C)CN(C[C@@H](O)[C@H](Cc1ccccc1)NC(=O)O[C@H]1CCOC1)Sc1ccc(N)cc1. The summed E-state index contributed by atoms with van der Waals surface area (Å²) in [5, 5.41) is 14.1. The maximum atomic E-state index is 12.6. The van der Waals surface area contributed by atoms with Crippen LogP contribution in [0.3, 0.4) is 0 Å². The fourth-order valence-electron chi connectivity index (χ4n) is 3.66. The molecule has 1 aliphatic heterocycles. The van der Waals surface area contributed by atoms with Gasteiger partial charge in [-0.25, -0.2) is 9.10 Å². The number of nitrogens with zero attached hydrogens (tertiary/aromatic N) is 1. The summed E-state index contributed by atoms with van der Waals surface area (Å²) in [5.74, 6) is 0.409. The lowest BCUT2D eigenvalue weighted by atomic mass is 10.0. The number of aliphatic hydroxyl groups excluding tert-OH is 1. The second kappa shape index (κ2) is 12.8. The van der Waals surface area contributed by atoms with Gasteiger partial charge in [-0.15, -0.1) is 0 Å². The summed E-state index contributed by atoms with van der Waals surface area (Å²) in [6, 6.07) is 17.0. The molecule has 0 unspecified atom stereocenters. The number of carbonyl (C=O) groups is 1. The molecule has 180 valence electrons. The molecule has 0 bridgehead atoms. The molecule has 1 fully saturated rings. The summed E-state index contributed by atoms with van der Waals surface area (Å²) < 4.78 is 12.9. The molecule has 1 saturated heterocycles. The summed E-state index contributed by atoms with van der Waals surface area (Å²) in [5.41, 5.74) is 7.56. The minimum Gasteiger partial charge on any atom is -0.444 e. The van der Waals surface area contributed by atoms with Gasteiger partial charge in [-0.05, 0) is 54.1 Å². The van der Waals surface area contributed by atoms with Crippen molar-refractivity contribution in [3.8, 4) is 0 Å². The van der Waals surface area contributed by atoms with Gasteiger partial charge >= 0.3 is 6.09 Å². The third kappa shape index (κ3) is 8.89. The van der Waals surface area contributed by atoms with E-state index >= 15 is 0 Å². The molecule has 1 aliphatic rings. The summed E-state index contributed by atoms with van der Waals surface area (Å²) in [6.07, 6.45) is -0.359. The molecule has 2 aromatic carbocycles. The Bertz CT molecular complexity index is 844. The number of nitrogens with one attached hydrogen (secondary N) is 1. The van der Waals surface area contributed by atoms with Crippen LogP contribution < -0.4 is 11.1 Å². The molecule has 33 heavy (non-hydrogen) atoms. The summed E-state index contributed by atoms with van der Waals surface area (Å²) in [7, 11) is 0. The van der Waals surface area contributed by atoms with E-state index in [1.165, 1.54) is 0 Å². The van der Waals surface area contributed by atoms with Gasteiger partial charge in [-0.3, -0.25) is 0 Å². The zero-order valence-electron chi connectivity index (χ0n) is 19.4. The monoisotopic (exact) mass is 473 g/mol. The van der Waals surface area contributed by atoms with Gasteiger partial charge in [0.25, 0.3) is 0 Å². The molecule has 0 radical (unpaired) electrons. The number of carbonyl (C=O) groups excluding carboxylic acids is 1. The second-order valence-electron chi connectivity index (χ2n) is 8.80. The van der Waals surface area contributed by atoms with E-state index in [2.05, 4.69) is 23.5 Å². The predicted octanol–water partition coefficient (Wildman–Crippen LogP) is 3.72. The van der Waals surface area contributed by atoms with Gasteiger partial charge in [0, 0.05) is 30.1 Å². The highest BCUT2D eigenvalue weighted by atomic mass is 32.2. The van der Waals surface area contributed by atoms with Crippen molar-refractivity contribution in [2.75, 3.05) is 32.0 Å². The van der Waals surface area contributed by atoms with Crippen molar-refractivity contribution < 1.29 is 19.4 Å².